The standard InChI is InChI=1S/C21H15N5O/c1-27-18-11-9-17(10-12-18)21-24-20(16-7-5-15(14-22)6-8-16)25-26(21)19-4-2-3-13-23-19/h2-13H,1H3. The number of methoxy groups -OCH3 is 1. The summed E-state index contributed by atoms with van der Waals surface area (Å²) in [5.74, 6) is 2.69. The molecule has 6 nitrogen and oxygen atoms in total. The number of ether oxygens (including phenoxy) is 1. The minimum absolute atomic E-state index is 0.566. The number of benzene rings is 2. The zero-order valence-corrected chi connectivity index (χ0v) is 14.6. The van der Waals surface area contributed by atoms with Gasteiger partial charge in [-0.1, -0.05) is 6.07 Å². The van der Waals surface area contributed by atoms with Gasteiger partial charge >= 0.3 is 0 Å². The van der Waals surface area contributed by atoms with Crippen molar-refractivity contribution in [3.8, 4) is 40.4 Å². The molecule has 0 fully saturated rings. The van der Waals surface area contributed by atoms with E-state index in [1.807, 2.05) is 54.6 Å². The Labute approximate surface area is 156 Å². The van der Waals surface area contributed by atoms with Gasteiger partial charge in [-0.15, -0.1) is 5.10 Å². The molecule has 4 aromatic rings. The molecule has 27 heavy (non-hydrogen) atoms. The van der Waals surface area contributed by atoms with Crippen LogP contribution in [0.1, 0.15) is 5.56 Å². The van der Waals surface area contributed by atoms with Crippen molar-refractivity contribution in [2.45, 2.75) is 0 Å². The lowest BCUT2D eigenvalue weighted by Gasteiger charge is -2.05. The van der Waals surface area contributed by atoms with Crippen molar-refractivity contribution in [2.75, 3.05) is 7.11 Å². The topological polar surface area (TPSA) is 76.6 Å². The summed E-state index contributed by atoms with van der Waals surface area (Å²) in [7, 11) is 1.63. The molecule has 0 atom stereocenters. The van der Waals surface area contributed by atoms with Crippen LogP contribution < -0.4 is 4.74 Å². The molecule has 0 N–H and O–H groups in total. The van der Waals surface area contributed by atoms with Crippen LogP contribution in [0.2, 0.25) is 0 Å². The molecule has 2 heterocycles. The van der Waals surface area contributed by atoms with E-state index in [-0.39, 0.29) is 0 Å². The molecule has 0 spiro atoms. The van der Waals surface area contributed by atoms with Crippen molar-refractivity contribution in [2.24, 2.45) is 0 Å². The molecule has 0 saturated heterocycles. The minimum atomic E-state index is 0.566. The zero-order valence-electron chi connectivity index (χ0n) is 14.6. The van der Waals surface area contributed by atoms with Gasteiger partial charge in [-0.2, -0.15) is 9.94 Å². The molecule has 0 aliphatic heterocycles. The maximum atomic E-state index is 8.98. The van der Waals surface area contributed by atoms with Gasteiger partial charge in [-0.05, 0) is 60.7 Å². The van der Waals surface area contributed by atoms with Crippen molar-refractivity contribution in [3.05, 3.63) is 78.5 Å². The average molecular weight is 353 g/mol. The fourth-order valence-electron chi connectivity index (χ4n) is 2.69. The second kappa shape index (κ2) is 7.10. The van der Waals surface area contributed by atoms with E-state index in [0.29, 0.717) is 23.0 Å². The Morgan fingerprint density at radius 2 is 1.67 bits per heavy atom. The van der Waals surface area contributed by atoms with Crippen LogP contribution in [0.3, 0.4) is 0 Å². The van der Waals surface area contributed by atoms with E-state index in [9.17, 15) is 0 Å². The summed E-state index contributed by atoms with van der Waals surface area (Å²) < 4.78 is 6.95. The lowest BCUT2D eigenvalue weighted by Crippen LogP contribution is -2.01. The van der Waals surface area contributed by atoms with E-state index in [4.69, 9.17) is 15.0 Å². The number of rotatable bonds is 4. The van der Waals surface area contributed by atoms with Gasteiger partial charge in [-0.3, -0.25) is 0 Å². The average Bonchev–Trinajstić information content (AvgIpc) is 3.20. The molecule has 130 valence electrons. The number of hydrogen-bond acceptors (Lipinski definition) is 5. The second-order valence-corrected chi connectivity index (χ2v) is 5.78. The van der Waals surface area contributed by atoms with E-state index in [0.717, 1.165) is 16.9 Å². The van der Waals surface area contributed by atoms with Crippen LogP contribution >= 0.6 is 0 Å². The van der Waals surface area contributed by atoms with Gasteiger partial charge in [0.25, 0.3) is 0 Å². The quantitative estimate of drug-likeness (QED) is 0.556. The molecule has 0 bridgehead atoms. The van der Waals surface area contributed by atoms with E-state index in [1.165, 1.54) is 0 Å². The highest BCUT2D eigenvalue weighted by Crippen LogP contribution is 2.26. The van der Waals surface area contributed by atoms with Crippen LogP contribution in [0.4, 0.5) is 0 Å². The summed E-state index contributed by atoms with van der Waals surface area (Å²) in [6, 6.07) is 22.6. The third kappa shape index (κ3) is 3.26. The SMILES string of the molecule is COc1ccc(-c2nc(-c3ccc(C#N)cc3)nn2-c2ccccn2)cc1. The van der Waals surface area contributed by atoms with Gasteiger partial charge in [0.2, 0.25) is 0 Å². The Kier molecular flexibility index (Phi) is 4.33. The fourth-order valence-corrected chi connectivity index (χ4v) is 2.69. The maximum absolute atomic E-state index is 8.98. The molecule has 0 radical (unpaired) electrons. The molecule has 0 saturated carbocycles. The first-order valence-corrected chi connectivity index (χ1v) is 8.32. The van der Waals surface area contributed by atoms with E-state index >= 15 is 0 Å². The fraction of sp³-hybridized carbons (Fsp3) is 0.0476. The third-order valence-electron chi connectivity index (χ3n) is 4.09. The Balaban J connectivity index is 1.85. The first-order valence-electron chi connectivity index (χ1n) is 8.32. The Hall–Kier alpha value is -3.98. The molecule has 0 unspecified atom stereocenters. The lowest BCUT2D eigenvalue weighted by atomic mass is 10.1. The maximum Gasteiger partial charge on any atom is 0.182 e. The highest BCUT2D eigenvalue weighted by Gasteiger charge is 2.15. The smallest absolute Gasteiger partial charge is 0.182 e. The number of aromatic nitrogens is 4. The summed E-state index contributed by atoms with van der Waals surface area (Å²) in [6.45, 7) is 0. The lowest BCUT2D eigenvalue weighted by molar-refractivity contribution is 0.415. The molecular formula is C21H15N5O. The number of nitrogens with zero attached hydrogens (tertiary/aromatic N) is 5. The minimum Gasteiger partial charge on any atom is -0.497 e. The highest BCUT2D eigenvalue weighted by atomic mass is 16.5. The zero-order chi connectivity index (χ0) is 18.6. The van der Waals surface area contributed by atoms with Gasteiger partial charge in [-0.25, -0.2) is 9.97 Å². The Morgan fingerprint density at radius 3 is 2.30 bits per heavy atom. The Morgan fingerprint density at radius 1 is 0.926 bits per heavy atom. The van der Waals surface area contributed by atoms with Crippen molar-refractivity contribution in [3.63, 3.8) is 0 Å². The molecule has 2 aromatic heterocycles. The predicted octanol–water partition coefficient (Wildman–Crippen LogP) is 3.88. The molecule has 0 amide bonds. The van der Waals surface area contributed by atoms with Crippen LogP contribution in [-0.4, -0.2) is 26.9 Å². The monoisotopic (exact) mass is 353 g/mol. The van der Waals surface area contributed by atoms with Gasteiger partial charge in [0.1, 0.15) is 5.75 Å². The van der Waals surface area contributed by atoms with Crippen LogP contribution in [0.25, 0.3) is 28.6 Å². The van der Waals surface area contributed by atoms with Crippen LogP contribution in [0.15, 0.2) is 72.9 Å². The van der Waals surface area contributed by atoms with Crippen LogP contribution in [0, 0.1) is 11.3 Å². The van der Waals surface area contributed by atoms with Crippen molar-refractivity contribution in [1.29, 1.82) is 5.26 Å². The molecule has 4 rings (SSSR count). The van der Waals surface area contributed by atoms with E-state index < -0.39 is 0 Å². The molecule has 2 aromatic carbocycles. The van der Waals surface area contributed by atoms with Crippen molar-refractivity contribution >= 4 is 0 Å². The van der Waals surface area contributed by atoms with Gasteiger partial charge in [0.15, 0.2) is 17.5 Å². The largest absolute Gasteiger partial charge is 0.497 e. The van der Waals surface area contributed by atoms with Crippen LogP contribution in [0.5, 0.6) is 5.75 Å². The van der Waals surface area contributed by atoms with Crippen molar-refractivity contribution in [1.82, 2.24) is 19.7 Å². The number of nitriles is 1. The van der Waals surface area contributed by atoms with E-state index in [2.05, 4.69) is 16.2 Å². The second-order valence-electron chi connectivity index (χ2n) is 5.78. The van der Waals surface area contributed by atoms with Crippen molar-refractivity contribution < 1.29 is 4.74 Å². The highest BCUT2D eigenvalue weighted by molar-refractivity contribution is 5.64. The van der Waals surface area contributed by atoms with Gasteiger partial charge < -0.3 is 4.74 Å². The summed E-state index contributed by atoms with van der Waals surface area (Å²) in [5, 5.41) is 13.6. The normalized spacial score (nSPS) is 10.4. The molecular weight excluding hydrogens is 338 g/mol. The number of hydrogen-bond donors (Lipinski definition) is 0. The summed E-state index contributed by atoms with van der Waals surface area (Å²) in [5.41, 5.74) is 2.32. The molecule has 6 heteroatoms. The summed E-state index contributed by atoms with van der Waals surface area (Å²) >= 11 is 0. The molecule has 0 aliphatic carbocycles. The van der Waals surface area contributed by atoms with Gasteiger partial charge in [0.05, 0.1) is 18.7 Å². The Bertz CT molecular complexity index is 1090. The van der Waals surface area contributed by atoms with E-state index in [1.54, 1.807) is 30.1 Å². The summed E-state index contributed by atoms with van der Waals surface area (Å²) in [6.07, 6.45) is 1.72. The summed E-state index contributed by atoms with van der Waals surface area (Å²) in [4.78, 5) is 9.12. The first-order chi connectivity index (χ1) is 13.3. The first kappa shape index (κ1) is 16.5. The van der Waals surface area contributed by atoms with Gasteiger partial charge in [0, 0.05) is 17.3 Å². The van der Waals surface area contributed by atoms with Crippen LogP contribution in [-0.2, 0) is 0 Å². The molecule has 0 aliphatic rings. The third-order valence-corrected chi connectivity index (χ3v) is 4.09. The predicted molar refractivity (Wildman–Crippen MR) is 101 cm³/mol. The number of pyridine rings is 1.